The van der Waals surface area contributed by atoms with Crippen LogP contribution in [0.25, 0.3) is 0 Å². The molecule has 7 nitrogen and oxygen atoms in total. The predicted molar refractivity (Wildman–Crippen MR) is 140 cm³/mol. The number of nitrogens with zero attached hydrogens (tertiary/aromatic N) is 1. The van der Waals surface area contributed by atoms with Gasteiger partial charge >= 0.3 is 6.09 Å². The molecule has 0 aliphatic carbocycles. The maximum Gasteiger partial charge on any atom is 0.408 e. The number of rotatable bonds is 12. The van der Waals surface area contributed by atoms with Gasteiger partial charge in [0.1, 0.15) is 17.7 Å². The van der Waals surface area contributed by atoms with Crippen molar-refractivity contribution in [2.75, 3.05) is 18.8 Å². The van der Waals surface area contributed by atoms with Gasteiger partial charge in [0, 0.05) is 18.8 Å². The molecule has 0 saturated carbocycles. The summed E-state index contributed by atoms with van der Waals surface area (Å²) in [6.07, 6.45) is 2.92. The molecule has 2 N–H and O–H groups in total. The number of carbonyl (C=O) groups is 3. The van der Waals surface area contributed by atoms with Crippen molar-refractivity contribution in [2.24, 2.45) is 0 Å². The SMILES string of the molecule is CCCCCNC(=O)C(c1cc(C)ccc1C)N(CCC)C(=O)C(CS)NC(=O)OC(C)(C)C. The van der Waals surface area contributed by atoms with E-state index >= 15 is 0 Å². The van der Waals surface area contributed by atoms with Crippen LogP contribution in [-0.2, 0) is 14.3 Å². The van der Waals surface area contributed by atoms with Crippen molar-refractivity contribution in [3.8, 4) is 0 Å². The number of carbonyl (C=O) groups excluding carboxylic acids is 3. The number of benzene rings is 1. The summed E-state index contributed by atoms with van der Waals surface area (Å²) in [5.41, 5.74) is 2.02. The summed E-state index contributed by atoms with van der Waals surface area (Å²) in [4.78, 5) is 41.1. The second-order valence-electron chi connectivity index (χ2n) is 9.67. The Morgan fingerprint density at radius 1 is 1.09 bits per heavy atom. The number of hydrogen-bond acceptors (Lipinski definition) is 5. The van der Waals surface area contributed by atoms with Gasteiger partial charge in [-0.05, 0) is 58.6 Å². The van der Waals surface area contributed by atoms with Crippen molar-refractivity contribution < 1.29 is 19.1 Å². The molecule has 1 rings (SSSR count). The second kappa shape index (κ2) is 14.2. The van der Waals surface area contributed by atoms with Gasteiger partial charge in [0.15, 0.2) is 0 Å². The number of alkyl carbamates (subject to hydrolysis) is 1. The minimum Gasteiger partial charge on any atom is -0.444 e. The van der Waals surface area contributed by atoms with Crippen molar-refractivity contribution in [3.63, 3.8) is 0 Å². The highest BCUT2D eigenvalue weighted by atomic mass is 32.1. The molecular formula is C26H43N3O4S. The first-order valence-electron chi connectivity index (χ1n) is 12.2. The van der Waals surface area contributed by atoms with E-state index in [1.807, 2.05) is 39.0 Å². The Bertz CT molecular complexity index is 823. The molecule has 0 radical (unpaired) electrons. The lowest BCUT2D eigenvalue weighted by Gasteiger charge is -2.34. The molecule has 192 valence electrons. The van der Waals surface area contributed by atoms with Gasteiger partial charge < -0.3 is 20.3 Å². The number of amides is 3. The topological polar surface area (TPSA) is 87.7 Å². The quantitative estimate of drug-likeness (QED) is 0.291. The fourth-order valence-electron chi connectivity index (χ4n) is 3.63. The van der Waals surface area contributed by atoms with E-state index in [1.54, 1.807) is 25.7 Å². The Labute approximate surface area is 210 Å². The van der Waals surface area contributed by atoms with Crippen LogP contribution in [0.5, 0.6) is 0 Å². The highest BCUT2D eigenvalue weighted by Gasteiger charge is 2.36. The predicted octanol–water partition coefficient (Wildman–Crippen LogP) is 4.71. The summed E-state index contributed by atoms with van der Waals surface area (Å²) < 4.78 is 5.33. The molecule has 0 spiro atoms. The summed E-state index contributed by atoms with van der Waals surface area (Å²) >= 11 is 4.31. The molecule has 3 amide bonds. The van der Waals surface area contributed by atoms with E-state index in [-0.39, 0.29) is 17.6 Å². The molecule has 0 heterocycles. The van der Waals surface area contributed by atoms with Crippen LogP contribution >= 0.6 is 12.6 Å². The van der Waals surface area contributed by atoms with Crippen molar-refractivity contribution in [1.82, 2.24) is 15.5 Å². The first-order chi connectivity index (χ1) is 15.9. The molecule has 1 aromatic rings. The van der Waals surface area contributed by atoms with Gasteiger partial charge in [0.05, 0.1) is 0 Å². The standard InChI is InChI=1S/C26H43N3O4S/c1-8-10-11-14-27-23(30)22(20-16-18(3)12-13-19(20)4)29(15-9-2)24(31)21(17-34)28-25(32)33-26(5,6)7/h12-13,16,21-22,34H,8-11,14-15,17H2,1-7H3,(H,27,30)(H,28,32). The van der Waals surface area contributed by atoms with Gasteiger partial charge in [0.2, 0.25) is 11.8 Å². The second-order valence-corrected chi connectivity index (χ2v) is 10.0. The van der Waals surface area contributed by atoms with E-state index in [9.17, 15) is 14.4 Å². The zero-order valence-corrected chi connectivity index (χ0v) is 22.8. The number of thiol groups is 1. The highest BCUT2D eigenvalue weighted by Crippen LogP contribution is 2.27. The first kappa shape index (κ1) is 29.8. The van der Waals surface area contributed by atoms with E-state index in [0.717, 1.165) is 36.0 Å². The number of hydrogen-bond donors (Lipinski definition) is 3. The average Bonchev–Trinajstić information content (AvgIpc) is 2.75. The van der Waals surface area contributed by atoms with E-state index in [0.29, 0.717) is 19.5 Å². The lowest BCUT2D eigenvalue weighted by Crippen LogP contribution is -2.54. The van der Waals surface area contributed by atoms with Gasteiger partial charge in [-0.2, -0.15) is 12.6 Å². The lowest BCUT2D eigenvalue weighted by molar-refractivity contribution is -0.142. The van der Waals surface area contributed by atoms with Gasteiger partial charge in [-0.15, -0.1) is 0 Å². The van der Waals surface area contributed by atoms with Crippen LogP contribution in [0.4, 0.5) is 4.79 Å². The lowest BCUT2D eigenvalue weighted by atomic mass is 9.96. The molecule has 2 atom stereocenters. The Hall–Kier alpha value is -2.22. The molecule has 0 saturated heterocycles. The van der Waals surface area contributed by atoms with E-state index in [1.165, 1.54) is 0 Å². The Kier molecular flexibility index (Phi) is 12.5. The molecule has 0 fully saturated rings. The summed E-state index contributed by atoms with van der Waals surface area (Å²) in [6.45, 7) is 14.1. The molecule has 0 bridgehead atoms. The Morgan fingerprint density at radius 2 is 1.76 bits per heavy atom. The van der Waals surface area contributed by atoms with Crippen molar-refractivity contribution in [3.05, 3.63) is 34.9 Å². The maximum absolute atomic E-state index is 13.7. The monoisotopic (exact) mass is 493 g/mol. The van der Waals surface area contributed by atoms with E-state index < -0.39 is 23.8 Å². The zero-order valence-electron chi connectivity index (χ0n) is 21.9. The van der Waals surface area contributed by atoms with Gasteiger partial charge in [0.25, 0.3) is 0 Å². The fourth-order valence-corrected chi connectivity index (χ4v) is 3.88. The van der Waals surface area contributed by atoms with Crippen molar-refractivity contribution in [1.29, 1.82) is 0 Å². The van der Waals surface area contributed by atoms with Crippen LogP contribution in [0, 0.1) is 13.8 Å². The number of aryl methyl sites for hydroxylation is 2. The molecule has 0 aliphatic rings. The van der Waals surface area contributed by atoms with Crippen LogP contribution in [0.1, 0.15) is 83.0 Å². The normalized spacial score (nSPS) is 13.1. The summed E-state index contributed by atoms with van der Waals surface area (Å²) in [6, 6.07) is 4.17. The summed E-state index contributed by atoms with van der Waals surface area (Å²) in [5.74, 6) is -0.505. The van der Waals surface area contributed by atoms with Gasteiger partial charge in [-0.25, -0.2) is 4.79 Å². The smallest absolute Gasteiger partial charge is 0.408 e. The van der Waals surface area contributed by atoms with E-state index in [2.05, 4.69) is 30.2 Å². The average molecular weight is 494 g/mol. The third-order valence-corrected chi connectivity index (χ3v) is 5.65. The van der Waals surface area contributed by atoms with Gasteiger partial charge in [-0.1, -0.05) is 50.5 Å². The van der Waals surface area contributed by atoms with Gasteiger partial charge in [-0.3, -0.25) is 9.59 Å². The Balaban J connectivity index is 3.33. The molecule has 0 aromatic heterocycles. The molecule has 34 heavy (non-hydrogen) atoms. The first-order valence-corrected chi connectivity index (χ1v) is 12.8. The van der Waals surface area contributed by atoms with Crippen LogP contribution in [0.15, 0.2) is 18.2 Å². The summed E-state index contributed by atoms with van der Waals surface area (Å²) in [7, 11) is 0. The highest BCUT2D eigenvalue weighted by molar-refractivity contribution is 7.80. The number of ether oxygens (including phenoxy) is 1. The van der Waals surface area contributed by atoms with Crippen molar-refractivity contribution >= 4 is 30.5 Å². The maximum atomic E-state index is 13.7. The van der Waals surface area contributed by atoms with Crippen molar-refractivity contribution in [2.45, 2.75) is 91.8 Å². The molecule has 1 aromatic carbocycles. The number of nitrogens with one attached hydrogen (secondary N) is 2. The minimum atomic E-state index is -0.926. The number of unbranched alkanes of at least 4 members (excludes halogenated alkanes) is 2. The minimum absolute atomic E-state index is 0.0793. The van der Waals surface area contributed by atoms with E-state index in [4.69, 9.17) is 4.74 Å². The summed E-state index contributed by atoms with van der Waals surface area (Å²) in [5, 5.41) is 5.65. The molecular weight excluding hydrogens is 450 g/mol. The molecule has 8 heteroatoms. The third kappa shape index (κ3) is 9.57. The fraction of sp³-hybridized carbons (Fsp3) is 0.654. The van der Waals surface area contributed by atoms with Crippen LogP contribution in [0.3, 0.4) is 0 Å². The van der Waals surface area contributed by atoms with Crippen LogP contribution in [0.2, 0.25) is 0 Å². The third-order valence-electron chi connectivity index (χ3n) is 5.29. The molecule has 2 unspecified atom stereocenters. The zero-order chi connectivity index (χ0) is 25.9. The Morgan fingerprint density at radius 3 is 2.32 bits per heavy atom. The van der Waals surface area contributed by atoms with Crippen LogP contribution in [-0.4, -0.2) is 53.3 Å². The largest absolute Gasteiger partial charge is 0.444 e. The van der Waals surface area contributed by atoms with Crippen LogP contribution < -0.4 is 10.6 Å². The molecule has 0 aliphatic heterocycles.